The number of hydrogen-bond donors (Lipinski definition) is 1. The molecule has 1 aliphatic rings. The van der Waals surface area contributed by atoms with Crippen LogP contribution in [0.3, 0.4) is 0 Å². The lowest BCUT2D eigenvalue weighted by molar-refractivity contribution is -0.142. The average Bonchev–Trinajstić information content (AvgIpc) is 2.82. The van der Waals surface area contributed by atoms with Crippen LogP contribution in [-0.2, 0) is 17.8 Å². The number of carboxylic acid groups (broad SMARTS) is 1. The molecule has 1 aromatic carbocycles. The fourth-order valence-corrected chi connectivity index (χ4v) is 2.36. The minimum absolute atomic E-state index is 0.368. The number of hydrogen-bond acceptors (Lipinski definition) is 3. The maximum atomic E-state index is 11.0. The number of nitrogens with zero attached hydrogens (tertiary/aromatic N) is 3. The molecule has 1 aromatic heterocycles. The van der Waals surface area contributed by atoms with Gasteiger partial charge in [0.1, 0.15) is 5.82 Å². The van der Waals surface area contributed by atoms with Gasteiger partial charge >= 0.3 is 5.97 Å². The number of aliphatic carboxylic acids is 1. The summed E-state index contributed by atoms with van der Waals surface area (Å²) in [6.07, 6.45) is 1.27. The molecular formula is C13H12ClN3O2. The Bertz CT molecular complexity index is 621. The third kappa shape index (κ3) is 2.33. The summed E-state index contributed by atoms with van der Waals surface area (Å²) in [4.78, 5) is 15.5. The Labute approximate surface area is 114 Å². The molecule has 5 nitrogen and oxygen atoms in total. The van der Waals surface area contributed by atoms with Crippen LogP contribution in [0.4, 0.5) is 0 Å². The first-order valence-corrected chi connectivity index (χ1v) is 6.44. The van der Waals surface area contributed by atoms with E-state index in [0.717, 1.165) is 11.4 Å². The number of aromatic nitrogens is 3. The molecule has 0 spiro atoms. The Morgan fingerprint density at radius 3 is 2.79 bits per heavy atom. The third-order valence-electron chi connectivity index (χ3n) is 3.31. The summed E-state index contributed by atoms with van der Waals surface area (Å²) in [5, 5.41) is 14.1. The van der Waals surface area contributed by atoms with Gasteiger partial charge in [0.2, 0.25) is 0 Å². The first-order valence-electron chi connectivity index (χ1n) is 6.06. The van der Waals surface area contributed by atoms with E-state index in [4.69, 9.17) is 16.7 Å². The molecule has 0 aliphatic carbocycles. The molecule has 2 aromatic rings. The van der Waals surface area contributed by atoms with Crippen molar-refractivity contribution in [2.24, 2.45) is 5.92 Å². The standard InChI is InChI=1S/C13H12ClN3O2/c14-10-4-1-8(2-5-10)12-15-11-6-3-9(13(18)19)7-17(11)16-12/h1-2,4-5,9H,3,6-7H2,(H,18,19). The van der Waals surface area contributed by atoms with Gasteiger partial charge in [0.25, 0.3) is 0 Å². The van der Waals surface area contributed by atoms with Crippen molar-refractivity contribution < 1.29 is 9.90 Å². The molecule has 0 amide bonds. The second-order valence-electron chi connectivity index (χ2n) is 4.61. The van der Waals surface area contributed by atoms with Crippen LogP contribution >= 0.6 is 11.6 Å². The summed E-state index contributed by atoms with van der Waals surface area (Å²) in [5.41, 5.74) is 0.887. The van der Waals surface area contributed by atoms with Crippen LogP contribution < -0.4 is 0 Å². The fourth-order valence-electron chi connectivity index (χ4n) is 2.23. The molecule has 3 rings (SSSR count). The largest absolute Gasteiger partial charge is 0.481 e. The van der Waals surface area contributed by atoms with Crippen molar-refractivity contribution in [2.45, 2.75) is 19.4 Å². The highest BCUT2D eigenvalue weighted by molar-refractivity contribution is 6.30. The minimum Gasteiger partial charge on any atom is -0.481 e. The quantitative estimate of drug-likeness (QED) is 0.914. The molecule has 98 valence electrons. The molecule has 2 heterocycles. The van der Waals surface area contributed by atoms with Crippen LogP contribution in [0.15, 0.2) is 24.3 Å². The molecule has 0 saturated heterocycles. The van der Waals surface area contributed by atoms with E-state index in [0.29, 0.717) is 30.2 Å². The van der Waals surface area contributed by atoms with Crippen molar-refractivity contribution in [1.29, 1.82) is 0 Å². The van der Waals surface area contributed by atoms with Crippen molar-refractivity contribution in [3.05, 3.63) is 35.1 Å². The Balaban J connectivity index is 1.91. The summed E-state index contributed by atoms with van der Waals surface area (Å²) in [6, 6.07) is 7.30. The van der Waals surface area contributed by atoms with Gasteiger partial charge in [-0.2, -0.15) is 5.10 Å². The SMILES string of the molecule is O=C(O)C1CCc2nc(-c3ccc(Cl)cc3)nn2C1. The van der Waals surface area contributed by atoms with Gasteiger partial charge < -0.3 is 5.11 Å². The van der Waals surface area contributed by atoms with Crippen LogP contribution in [0.2, 0.25) is 5.02 Å². The van der Waals surface area contributed by atoms with Gasteiger partial charge in [-0.3, -0.25) is 4.79 Å². The lowest BCUT2D eigenvalue weighted by Crippen LogP contribution is -2.27. The van der Waals surface area contributed by atoms with E-state index < -0.39 is 5.97 Å². The Morgan fingerprint density at radius 2 is 2.11 bits per heavy atom. The number of benzene rings is 1. The number of rotatable bonds is 2. The predicted octanol–water partition coefficient (Wildman–Crippen LogP) is 2.25. The third-order valence-corrected chi connectivity index (χ3v) is 3.56. The highest BCUT2D eigenvalue weighted by atomic mass is 35.5. The molecule has 19 heavy (non-hydrogen) atoms. The number of halogens is 1. The van der Waals surface area contributed by atoms with E-state index in [-0.39, 0.29) is 5.92 Å². The van der Waals surface area contributed by atoms with Gasteiger partial charge in [-0.05, 0) is 30.7 Å². The Morgan fingerprint density at radius 1 is 1.37 bits per heavy atom. The van der Waals surface area contributed by atoms with E-state index >= 15 is 0 Å². The number of fused-ring (bicyclic) bond motifs is 1. The number of carboxylic acids is 1. The normalized spacial score (nSPS) is 18.1. The average molecular weight is 278 g/mol. The highest BCUT2D eigenvalue weighted by Gasteiger charge is 2.26. The van der Waals surface area contributed by atoms with E-state index in [1.54, 1.807) is 16.8 Å². The Kier molecular flexibility index (Phi) is 2.98. The summed E-state index contributed by atoms with van der Waals surface area (Å²) >= 11 is 5.84. The van der Waals surface area contributed by atoms with Gasteiger partial charge in [-0.1, -0.05) is 11.6 Å². The maximum absolute atomic E-state index is 11.0. The van der Waals surface area contributed by atoms with E-state index in [9.17, 15) is 4.79 Å². The fraction of sp³-hybridized carbons (Fsp3) is 0.308. The van der Waals surface area contributed by atoms with Gasteiger partial charge in [0, 0.05) is 17.0 Å². The monoisotopic (exact) mass is 277 g/mol. The molecule has 0 radical (unpaired) electrons. The second kappa shape index (κ2) is 4.66. The van der Waals surface area contributed by atoms with E-state index in [1.165, 1.54) is 0 Å². The molecule has 0 bridgehead atoms. The van der Waals surface area contributed by atoms with Gasteiger partial charge in [0.05, 0.1) is 12.5 Å². The van der Waals surface area contributed by atoms with Crippen LogP contribution in [0.5, 0.6) is 0 Å². The molecule has 0 saturated carbocycles. The first kappa shape index (κ1) is 12.2. The molecule has 1 unspecified atom stereocenters. The van der Waals surface area contributed by atoms with Gasteiger partial charge in [0.15, 0.2) is 5.82 Å². The number of carbonyl (C=O) groups is 1. The summed E-state index contributed by atoms with van der Waals surface area (Å²) in [6.45, 7) is 0.394. The zero-order valence-corrected chi connectivity index (χ0v) is 10.8. The lowest BCUT2D eigenvalue weighted by atomic mass is 10.0. The van der Waals surface area contributed by atoms with Crippen LogP contribution in [-0.4, -0.2) is 25.8 Å². The zero-order chi connectivity index (χ0) is 13.4. The minimum atomic E-state index is -0.769. The summed E-state index contributed by atoms with van der Waals surface area (Å²) < 4.78 is 1.70. The van der Waals surface area contributed by atoms with Crippen LogP contribution in [0.1, 0.15) is 12.2 Å². The molecule has 6 heteroatoms. The highest BCUT2D eigenvalue weighted by Crippen LogP contribution is 2.23. The van der Waals surface area contributed by atoms with E-state index in [2.05, 4.69) is 10.1 Å². The smallest absolute Gasteiger partial charge is 0.308 e. The molecule has 1 atom stereocenters. The molecule has 1 N–H and O–H groups in total. The van der Waals surface area contributed by atoms with Gasteiger partial charge in [-0.25, -0.2) is 9.67 Å². The predicted molar refractivity (Wildman–Crippen MR) is 69.9 cm³/mol. The maximum Gasteiger partial charge on any atom is 0.308 e. The van der Waals surface area contributed by atoms with Crippen molar-refractivity contribution in [3.63, 3.8) is 0 Å². The zero-order valence-electron chi connectivity index (χ0n) is 10.1. The molecule has 0 fully saturated rings. The van der Waals surface area contributed by atoms with Crippen LogP contribution in [0, 0.1) is 5.92 Å². The summed E-state index contributed by atoms with van der Waals surface area (Å²) in [5.74, 6) is 0.335. The molecule has 1 aliphatic heterocycles. The Hall–Kier alpha value is -1.88. The van der Waals surface area contributed by atoms with E-state index in [1.807, 2.05) is 12.1 Å². The second-order valence-corrected chi connectivity index (χ2v) is 5.05. The lowest BCUT2D eigenvalue weighted by Gasteiger charge is -2.18. The van der Waals surface area contributed by atoms with Crippen molar-refractivity contribution >= 4 is 17.6 Å². The van der Waals surface area contributed by atoms with Crippen molar-refractivity contribution in [3.8, 4) is 11.4 Å². The van der Waals surface area contributed by atoms with Crippen molar-refractivity contribution in [1.82, 2.24) is 14.8 Å². The van der Waals surface area contributed by atoms with Crippen molar-refractivity contribution in [2.75, 3.05) is 0 Å². The van der Waals surface area contributed by atoms with Gasteiger partial charge in [-0.15, -0.1) is 0 Å². The molecular weight excluding hydrogens is 266 g/mol. The van der Waals surface area contributed by atoms with Crippen LogP contribution in [0.25, 0.3) is 11.4 Å². The first-order chi connectivity index (χ1) is 9.13. The number of aryl methyl sites for hydroxylation is 1. The summed E-state index contributed by atoms with van der Waals surface area (Å²) in [7, 11) is 0. The topological polar surface area (TPSA) is 68.0 Å².